The van der Waals surface area contributed by atoms with Gasteiger partial charge < -0.3 is 15.4 Å². The van der Waals surface area contributed by atoms with Gasteiger partial charge in [-0.15, -0.1) is 12.4 Å². The fourth-order valence-electron chi connectivity index (χ4n) is 1.79. The third-order valence-electron chi connectivity index (χ3n) is 2.68. The molecule has 3 nitrogen and oxygen atoms in total. The molecule has 2 rings (SSSR count). The van der Waals surface area contributed by atoms with Gasteiger partial charge in [-0.25, -0.2) is 4.39 Å². The molecule has 0 radical (unpaired) electrons. The van der Waals surface area contributed by atoms with Gasteiger partial charge in [0.2, 0.25) is 0 Å². The second-order valence-electron chi connectivity index (χ2n) is 4.47. The number of hydrogen-bond donors (Lipinski definition) is 2. The molecule has 23 heavy (non-hydrogen) atoms. The van der Waals surface area contributed by atoms with E-state index in [0.29, 0.717) is 11.4 Å². The largest absolute Gasteiger partial charge is 0.433 e. The van der Waals surface area contributed by atoms with Crippen molar-refractivity contribution in [1.29, 1.82) is 0 Å². The Labute approximate surface area is 143 Å². The number of hydrogen-bond acceptors (Lipinski definition) is 2. The molecule has 0 saturated heterocycles. The van der Waals surface area contributed by atoms with Gasteiger partial charge in [-0.1, -0.05) is 12.1 Å². The summed E-state index contributed by atoms with van der Waals surface area (Å²) in [6.45, 7) is -1.13. The topological polar surface area (TPSA) is 33.3 Å². The monoisotopic (exact) mass is 362 g/mol. The Morgan fingerprint density at radius 3 is 2.52 bits per heavy atom. The second kappa shape index (κ2) is 8.59. The highest BCUT2D eigenvalue weighted by Crippen LogP contribution is 2.27. The van der Waals surface area contributed by atoms with Gasteiger partial charge in [-0.05, 0) is 55.0 Å². The molecule has 124 valence electrons. The number of anilines is 2. The van der Waals surface area contributed by atoms with E-state index in [1.807, 2.05) is 0 Å². The number of ether oxygens (including phenoxy) is 1. The molecule has 8 heteroatoms. The Morgan fingerprint density at radius 2 is 1.87 bits per heavy atom. The van der Waals surface area contributed by atoms with Crippen LogP contribution in [0, 0.1) is 12.7 Å². The quantitative estimate of drug-likeness (QED) is 0.753. The van der Waals surface area contributed by atoms with Crippen LogP contribution in [0.3, 0.4) is 0 Å². The van der Waals surface area contributed by atoms with Gasteiger partial charge in [0, 0.05) is 5.69 Å². The lowest BCUT2D eigenvalue weighted by Crippen LogP contribution is -2.20. The molecule has 0 aliphatic carbocycles. The molecule has 0 aromatic heterocycles. The summed E-state index contributed by atoms with van der Waals surface area (Å²) in [5.74, 6) is -0.436. The SMILES string of the molecule is Cc1ccc(OC(F)F)c(NC(=S)Nc2cccc(F)c2)c1.Cl. The van der Waals surface area contributed by atoms with Crippen LogP contribution in [-0.4, -0.2) is 11.7 Å². The summed E-state index contributed by atoms with van der Waals surface area (Å²) in [5.41, 5.74) is 1.59. The molecule has 2 aromatic carbocycles. The molecular formula is C15H14ClF3N2OS. The molecule has 2 aromatic rings. The molecule has 0 spiro atoms. The van der Waals surface area contributed by atoms with Crippen LogP contribution in [0.25, 0.3) is 0 Å². The predicted octanol–water partition coefficient (Wildman–Crippen LogP) is 4.97. The average molecular weight is 363 g/mol. The zero-order chi connectivity index (χ0) is 16.1. The van der Waals surface area contributed by atoms with E-state index < -0.39 is 12.4 Å². The zero-order valence-corrected chi connectivity index (χ0v) is 13.6. The van der Waals surface area contributed by atoms with Crippen molar-refractivity contribution < 1.29 is 17.9 Å². The van der Waals surface area contributed by atoms with E-state index in [1.54, 1.807) is 25.1 Å². The van der Waals surface area contributed by atoms with Crippen molar-refractivity contribution in [1.82, 2.24) is 0 Å². The Balaban J connectivity index is 0.00000264. The summed E-state index contributed by atoms with van der Waals surface area (Å²) >= 11 is 5.09. The maximum absolute atomic E-state index is 13.1. The van der Waals surface area contributed by atoms with Gasteiger partial charge in [0.05, 0.1) is 5.69 Å². The summed E-state index contributed by atoms with van der Waals surface area (Å²) in [5, 5.41) is 5.67. The van der Waals surface area contributed by atoms with E-state index in [-0.39, 0.29) is 23.3 Å². The summed E-state index contributed by atoms with van der Waals surface area (Å²) in [4.78, 5) is 0. The number of rotatable bonds is 4. The van der Waals surface area contributed by atoms with E-state index in [1.165, 1.54) is 24.3 Å². The van der Waals surface area contributed by atoms with Crippen LogP contribution in [0.15, 0.2) is 42.5 Å². The normalized spacial score (nSPS) is 9.96. The van der Waals surface area contributed by atoms with Crippen molar-refractivity contribution in [3.63, 3.8) is 0 Å². The first kappa shape index (κ1) is 19.1. The van der Waals surface area contributed by atoms with Crippen molar-refractivity contribution in [2.45, 2.75) is 13.5 Å². The molecule has 0 atom stereocenters. The highest BCUT2D eigenvalue weighted by atomic mass is 35.5. The van der Waals surface area contributed by atoms with Gasteiger partial charge in [-0.3, -0.25) is 0 Å². The Bertz CT molecular complexity index is 686. The number of halogens is 4. The summed E-state index contributed by atoms with van der Waals surface area (Å²) in [6, 6.07) is 10.4. The van der Waals surface area contributed by atoms with E-state index in [9.17, 15) is 13.2 Å². The second-order valence-corrected chi connectivity index (χ2v) is 4.88. The van der Waals surface area contributed by atoms with Crippen molar-refractivity contribution in [3.05, 3.63) is 53.8 Å². The predicted molar refractivity (Wildman–Crippen MR) is 91.3 cm³/mol. The molecule has 0 saturated carbocycles. The van der Waals surface area contributed by atoms with Crippen molar-refractivity contribution >= 4 is 41.1 Å². The van der Waals surface area contributed by atoms with Crippen LogP contribution in [0.1, 0.15) is 5.56 Å². The van der Waals surface area contributed by atoms with Gasteiger partial charge in [0.1, 0.15) is 11.6 Å². The Hall–Kier alpha value is -1.99. The van der Waals surface area contributed by atoms with Crippen molar-refractivity contribution in [3.8, 4) is 5.75 Å². The van der Waals surface area contributed by atoms with Crippen LogP contribution in [-0.2, 0) is 0 Å². The Kier molecular flexibility index (Phi) is 7.12. The highest BCUT2D eigenvalue weighted by Gasteiger charge is 2.11. The summed E-state index contributed by atoms with van der Waals surface area (Å²) in [6.07, 6.45) is 0. The van der Waals surface area contributed by atoms with Crippen LogP contribution >= 0.6 is 24.6 Å². The minimum absolute atomic E-state index is 0. The molecule has 0 unspecified atom stereocenters. The molecule has 0 heterocycles. The summed E-state index contributed by atoms with van der Waals surface area (Å²) < 4.78 is 42.3. The maximum Gasteiger partial charge on any atom is 0.387 e. The van der Waals surface area contributed by atoms with Crippen LogP contribution in [0.4, 0.5) is 24.5 Å². The summed E-state index contributed by atoms with van der Waals surface area (Å²) in [7, 11) is 0. The molecule has 0 fully saturated rings. The number of benzene rings is 2. The van der Waals surface area contributed by atoms with Gasteiger partial charge in [-0.2, -0.15) is 8.78 Å². The third kappa shape index (κ3) is 5.96. The highest BCUT2D eigenvalue weighted by molar-refractivity contribution is 7.80. The first-order valence-electron chi connectivity index (χ1n) is 6.33. The number of thiocarbonyl (C=S) groups is 1. The molecule has 0 aliphatic rings. The number of aryl methyl sites for hydroxylation is 1. The minimum Gasteiger partial charge on any atom is -0.433 e. The molecular weight excluding hydrogens is 349 g/mol. The van der Waals surface area contributed by atoms with Crippen LogP contribution in [0.2, 0.25) is 0 Å². The molecule has 0 aliphatic heterocycles. The van der Waals surface area contributed by atoms with Gasteiger partial charge in [0.25, 0.3) is 0 Å². The van der Waals surface area contributed by atoms with E-state index in [0.717, 1.165) is 5.56 Å². The zero-order valence-electron chi connectivity index (χ0n) is 12.0. The Morgan fingerprint density at radius 1 is 1.13 bits per heavy atom. The third-order valence-corrected chi connectivity index (χ3v) is 2.89. The molecule has 2 N–H and O–H groups in total. The molecule has 0 amide bonds. The van der Waals surface area contributed by atoms with Crippen LogP contribution < -0.4 is 15.4 Å². The number of nitrogens with one attached hydrogen (secondary N) is 2. The first-order valence-corrected chi connectivity index (χ1v) is 6.74. The number of alkyl halides is 2. The van der Waals surface area contributed by atoms with Crippen molar-refractivity contribution in [2.24, 2.45) is 0 Å². The standard InChI is InChI=1S/C15H13F3N2OS.ClH/c1-9-5-6-13(21-14(17)18)12(7-9)20-15(22)19-11-4-2-3-10(16)8-11;/h2-8,14H,1H3,(H2,19,20,22);1H. The molecule has 0 bridgehead atoms. The fourth-order valence-corrected chi connectivity index (χ4v) is 2.02. The minimum atomic E-state index is -2.94. The lowest BCUT2D eigenvalue weighted by molar-refractivity contribution is -0.0493. The van der Waals surface area contributed by atoms with E-state index in [4.69, 9.17) is 12.2 Å². The maximum atomic E-state index is 13.1. The van der Waals surface area contributed by atoms with Gasteiger partial charge >= 0.3 is 6.61 Å². The fraction of sp³-hybridized carbons (Fsp3) is 0.133. The van der Waals surface area contributed by atoms with E-state index in [2.05, 4.69) is 15.4 Å². The lowest BCUT2D eigenvalue weighted by atomic mass is 10.2. The smallest absolute Gasteiger partial charge is 0.387 e. The van der Waals surface area contributed by atoms with Crippen LogP contribution in [0.5, 0.6) is 5.75 Å². The van der Waals surface area contributed by atoms with E-state index >= 15 is 0 Å². The first-order chi connectivity index (χ1) is 10.4. The van der Waals surface area contributed by atoms with Gasteiger partial charge in [0.15, 0.2) is 5.11 Å². The average Bonchev–Trinajstić information content (AvgIpc) is 2.41. The van der Waals surface area contributed by atoms with Crippen molar-refractivity contribution in [2.75, 3.05) is 10.6 Å². The lowest BCUT2D eigenvalue weighted by Gasteiger charge is -2.15.